The van der Waals surface area contributed by atoms with Crippen LogP contribution in [0.3, 0.4) is 0 Å². The molecule has 0 aliphatic carbocycles. The first-order valence-corrected chi connectivity index (χ1v) is 5.77. The maximum atomic E-state index is 8.14. The normalized spacial score (nSPS) is 24.8. The van der Waals surface area contributed by atoms with Crippen molar-refractivity contribution in [2.24, 2.45) is 0 Å². The first-order chi connectivity index (χ1) is 10.0. The Labute approximate surface area is 112 Å². The van der Waals surface area contributed by atoms with E-state index < -0.39 is 18.3 Å². The largest absolute Gasteiger partial charge is 0.497 e. The Balaban J connectivity index is 2.24. The molecule has 0 bridgehead atoms. The van der Waals surface area contributed by atoms with E-state index in [1.54, 1.807) is 0 Å². The molecule has 1 aliphatic heterocycles. The molecule has 1 saturated heterocycles. The second-order valence-corrected chi connectivity index (χ2v) is 5.36. The average Bonchev–Trinajstić information content (AvgIpc) is 2.85. The van der Waals surface area contributed by atoms with E-state index in [-0.39, 0.29) is 41.1 Å². The molecular weight excluding hydrogens is 229 g/mol. The molecule has 0 amide bonds. The third-order valence-corrected chi connectivity index (χ3v) is 3.64. The maximum Gasteiger partial charge on any atom is 0.497 e. The van der Waals surface area contributed by atoms with Gasteiger partial charge in [0.25, 0.3) is 0 Å². The Morgan fingerprint density at radius 3 is 2.50 bits per heavy atom. The molecular formula is C13H16BNO3. The lowest BCUT2D eigenvalue weighted by Gasteiger charge is -2.32. The quantitative estimate of drug-likeness (QED) is 0.726. The zero-order chi connectivity index (χ0) is 16.4. The monoisotopic (exact) mass is 249 g/mol. The molecule has 2 heterocycles. The summed E-state index contributed by atoms with van der Waals surface area (Å²) in [6.45, 7) is 7.53. The molecule has 3 rings (SSSR count). The molecule has 1 aromatic heterocycles. The van der Waals surface area contributed by atoms with Crippen molar-refractivity contribution >= 4 is 23.7 Å². The van der Waals surface area contributed by atoms with Crippen molar-refractivity contribution in [2.75, 3.05) is 0 Å². The molecule has 1 fully saturated rings. The number of rotatable bonds is 1. The smallest absolute Gasteiger partial charge is 0.444 e. The summed E-state index contributed by atoms with van der Waals surface area (Å²) in [4.78, 5) is 3.93. The minimum atomic E-state index is -0.894. The number of para-hydroxylation sites is 1. The summed E-state index contributed by atoms with van der Waals surface area (Å²) in [5.41, 5.74) is -0.792. The van der Waals surface area contributed by atoms with E-state index >= 15 is 0 Å². The lowest BCUT2D eigenvalue weighted by molar-refractivity contribution is 0.00578. The van der Waals surface area contributed by atoms with E-state index in [0.717, 1.165) is 0 Å². The van der Waals surface area contributed by atoms with Crippen LogP contribution in [0.25, 0.3) is 11.1 Å². The van der Waals surface area contributed by atoms with Crippen molar-refractivity contribution in [3.8, 4) is 0 Å². The Morgan fingerprint density at radius 2 is 1.83 bits per heavy atom. The fourth-order valence-electron chi connectivity index (χ4n) is 1.83. The predicted octanol–water partition coefficient (Wildman–Crippen LogP) is 2.13. The van der Waals surface area contributed by atoms with Gasteiger partial charge in [-0.3, -0.25) is 0 Å². The molecule has 0 radical (unpaired) electrons. The summed E-state index contributed by atoms with van der Waals surface area (Å²) in [6, 6.07) is -0.746. The highest BCUT2D eigenvalue weighted by atomic mass is 16.7. The van der Waals surface area contributed by atoms with Gasteiger partial charge in [-0.2, -0.15) is 0 Å². The molecule has 18 heavy (non-hydrogen) atoms. The first kappa shape index (κ1) is 7.97. The molecule has 94 valence electrons. The van der Waals surface area contributed by atoms with Crippen LogP contribution in [0.1, 0.15) is 33.2 Å². The van der Waals surface area contributed by atoms with Crippen LogP contribution in [0, 0.1) is 0 Å². The van der Waals surface area contributed by atoms with Gasteiger partial charge in [-0.25, -0.2) is 4.98 Å². The minimum absolute atomic E-state index is 0.00992. The molecule has 1 aromatic carbocycles. The minimum Gasteiger partial charge on any atom is -0.444 e. The standard InChI is InChI=1S/C13H16BNO3/c1-12(2)13(3,4)18-14(17-12)9-6-5-7-10-11(9)15-8-16-10/h5-8H,1-4H3/i5D,6D,7D,8D. The number of oxazole rings is 1. The highest BCUT2D eigenvalue weighted by Crippen LogP contribution is 2.36. The highest BCUT2D eigenvalue weighted by Gasteiger charge is 2.52. The zero-order valence-electron chi connectivity index (χ0n) is 14.7. The molecule has 5 heteroatoms. The lowest BCUT2D eigenvalue weighted by atomic mass is 9.78. The van der Waals surface area contributed by atoms with Crippen LogP contribution in [0.4, 0.5) is 0 Å². The van der Waals surface area contributed by atoms with Gasteiger partial charge in [0.05, 0.1) is 15.3 Å². The number of hydrogen-bond acceptors (Lipinski definition) is 4. The van der Waals surface area contributed by atoms with Crippen LogP contribution in [0.2, 0.25) is 0 Å². The van der Waals surface area contributed by atoms with Crippen LogP contribution >= 0.6 is 0 Å². The van der Waals surface area contributed by atoms with Crippen molar-refractivity contribution in [3.05, 3.63) is 24.5 Å². The highest BCUT2D eigenvalue weighted by molar-refractivity contribution is 6.64. The Bertz CT molecular complexity index is 758. The second kappa shape index (κ2) is 3.59. The van der Waals surface area contributed by atoms with E-state index in [1.165, 1.54) is 0 Å². The van der Waals surface area contributed by atoms with Gasteiger partial charge >= 0.3 is 7.12 Å². The summed E-state index contributed by atoms with van der Waals surface area (Å²) in [6.07, 6.45) is -0.369. The number of benzene rings is 1. The summed E-state index contributed by atoms with van der Waals surface area (Å²) < 4.78 is 48.3. The van der Waals surface area contributed by atoms with Gasteiger partial charge in [0.1, 0.15) is 6.89 Å². The second-order valence-electron chi connectivity index (χ2n) is 5.36. The van der Waals surface area contributed by atoms with Gasteiger partial charge in [-0.15, -0.1) is 0 Å². The van der Waals surface area contributed by atoms with Crippen molar-refractivity contribution < 1.29 is 19.2 Å². The number of nitrogens with zero attached hydrogens (tertiary/aromatic N) is 1. The van der Waals surface area contributed by atoms with E-state index in [9.17, 15) is 0 Å². The van der Waals surface area contributed by atoms with Gasteiger partial charge < -0.3 is 13.7 Å². The van der Waals surface area contributed by atoms with Crippen molar-refractivity contribution in [1.29, 1.82) is 0 Å². The third kappa shape index (κ3) is 1.58. The number of hydrogen-bond donors (Lipinski definition) is 0. The van der Waals surface area contributed by atoms with Crippen LogP contribution in [-0.4, -0.2) is 23.3 Å². The average molecular weight is 249 g/mol. The SMILES string of the molecule is [2H]c1nc2c(B3OC(C)(C)C(C)(C)O3)c([2H])c([2H])c([2H])c2o1. The number of aromatic nitrogens is 1. The molecule has 0 spiro atoms. The first-order valence-electron chi connectivity index (χ1n) is 7.77. The maximum absolute atomic E-state index is 8.14. The fourth-order valence-corrected chi connectivity index (χ4v) is 1.83. The number of fused-ring (bicyclic) bond motifs is 1. The molecule has 0 atom stereocenters. The predicted molar refractivity (Wildman–Crippen MR) is 69.7 cm³/mol. The van der Waals surface area contributed by atoms with E-state index in [4.69, 9.17) is 19.2 Å². The van der Waals surface area contributed by atoms with E-state index in [2.05, 4.69) is 4.98 Å². The van der Waals surface area contributed by atoms with Gasteiger partial charge in [-0.05, 0) is 33.7 Å². The topological polar surface area (TPSA) is 44.5 Å². The Kier molecular flexibility index (Phi) is 1.59. The van der Waals surface area contributed by atoms with Crippen LogP contribution in [-0.2, 0) is 9.31 Å². The van der Waals surface area contributed by atoms with Crippen LogP contribution < -0.4 is 5.46 Å². The molecule has 0 saturated carbocycles. The van der Waals surface area contributed by atoms with Gasteiger partial charge in [0.2, 0.25) is 0 Å². The molecule has 2 aromatic rings. The lowest BCUT2D eigenvalue weighted by Crippen LogP contribution is -2.41. The summed E-state index contributed by atoms with van der Waals surface area (Å²) in [5.74, 6) is 0. The van der Waals surface area contributed by atoms with Crippen LogP contribution in [0.5, 0.6) is 0 Å². The van der Waals surface area contributed by atoms with Gasteiger partial charge in [-0.1, -0.05) is 12.1 Å². The van der Waals surface area contributed by atoms with E-state index in [1.807, 2.05) is 27.7 Å². The molecule has 1 aliphatic rings. The summed E-state index contributed by atoms with van der Waals surface area (Å²) >= 11 is 0. The van der Waals surface area contributed by atoms with Crippen molar-refractivity contribution in [3.63, 3.8) is 0 Å². The van der Waals surface area contributed by atoms with Crippen LogP contribution in [0.15, 0.2) is 28.9 Å². The molecule has 0 unspecified atom stereocenters. The fraction of sp³-hybridized carbons (Fsp3) is 0.462. The Hall–Kier alpha value is -1.33. The molecule has 4 nitrogen and oxygen atoms in total. The van der Waals surface area contributed by atoms with Crippen molar-refractivity contribution in [1.82, 2.24) is 4.98 Å². The zero-order valence-corrected chi connectivity index (χ0v) is 10.7. The van der Waals surface area contributed by atoms with E-state index in [0.29, 0.717) is 0 Å². The Morgan fingerprint density at radius 1 is 1.17 bits per heavy atom. The van der Waals surface area contributed by atoms with Crippen molar-refractivity contribution in [2.45, 2.75) is 38.9 Å². The van der Waals surface area contributed by atoms with Gasteiger partial charge in [0.15, 0.2) is 12.0 Å². The summed E-state index contributed by atoms with van der Waals surface area (Å²) in [5, 5.41) is 0. The molecule has 0 N–H and O–H groups in total. The third-order valence-electron chi connectivity index (χ3n) is 3.64. The summed E-state index contributed by atoms with van der Waals surface area (Å²) in [7, 11) is -0.894. The van der Waals surface area contributed by atoms with Gasteiger partial charge in [0, 0.05) is 5.46 Å².